The minimum Gasteiger partial charge on any atom is -0.481 e. The number of carboxylic acids is 1. The van der Waals surface area contributed by atoms with E-state index in [0.717, 1.165) is 12.8 Å². The van der Waals surface area contributed by atoms with E-state index < -0.39 is 5.97 Å². The molecule has 0 aromatic carbocycles. The molecule has 0 radical (unpaired) electrons. The van der Waals surface area contributed by atoms with Crippen LogP contribution in [-0.2, 0) is 4.79 Å². The van der Waals surface area contributed by atoms with E-state index in [0.29, 0.717) is 13.0 Å². The first kappa shape index (κ1) is 13.9. The van der Waals surface area contributed by atoms with Gasteiger partial charge in [-0.2, -0.15) is 0 Å². The molecule has 0 rings (SSSR count). The number of nitrogens with two attached hydrogens (primary N) is 1. The molecule has 4 heteroatoms. The van der Waals surface area contributed by atoms with Gasteiger partial charge in [-0.1, -0.05) is 13.3 Å². The van der Waals surface area contributed by atoms with E-state index in [-0.39, 0.29) is 6.10 Å². The topological polar surface area (TPSA) is 83.5 Å². The van der Waals surface area contributed by atoms with Gasteiger partial charge < -0.3 is 15.9 Å². The zero-order chi connectivity index (χ0) is 9.98. The van der Waals surface area contributed by atoms with E-state index in [1.165, 1.54) is 0 Å². The summed E-state index contributed by atoms with van der Waals surface area (Å²) in [4.78, 5) is 9.76. The van der Waals surface area contributed by atoms with Crippen molar-refractivity contribution in [3.05, 3.63) is 0 Å². The molecule has 0 aliphatic heterocycles. The van der Waals surface area contributed by atoms with Crippen LogP contribution in [0.5, 0.6) is 0 Å². The van der Waals surface area contributed by atoms with Crippen molar-refractivity contribution in [1.29, 1.82) is 0 Å². The second-order valence-corrected chi connectivity index (χ2v) is 2.58. The summed E-state index contributed by atoms with van der Waals surface area (Å²) >= 11 is 0. The molecule has 12 heavy (non-hydrogen) atoms. The van der Waals surface area contributed by atoms with E-state index >= 15 is 0 Å². The van der Waals surface area contributed by atoms with Crippen molar-refractivity contribution in [2.45, 2.75) is 39.2 Å². The number of unbranched alkanes of at least 4 members (excludes halogenated alkanes) is 1. The van der Waals surface area contributed by atoms with Crippen LogP contribution in [0, 0.1) is 0 Å². The highest BCUT2D eigenvalue weighted by Gasteiger charge is 1.90. The van der Waals surface area contributed by atoms with Gasteiger partial charge in [-0.15, -0.1) is 0 Å². The fourth-order valence-corrected chi connectivity index (χ4v) is 0.328. The second kappa shape index (κ2) is 10.4. The molecule has 74 valence electrons. The molecule has 4 nitrogen and oxygen atoms in total. The number of aliphatic carboxylic acids is 1. The Morgan fingerprint density at radius 3 is 2.08 bits per heavy atom. The van der Waals surface area contributed by atoms with Crippen LogP contribution in [0.2, 0.25) is 0 Å². The summed E-state index contributed by atoms with van der Waals surface area (Å²) in [6.45, 7) is 3.99. The van der Waals surface area contributed by atoms with Gasteiger partial charge in [-0.05, 0) is 13.3 Å². The van der Waals surface area contributed by atoms with Gasteiger partial charge >= 0.3 is 5.97 Å². The van der Waals surface area contributed by atoms with E-state index in [1.807, 2.05) is 6.92 Å². The Bertz CT molecular complexity index is 104. The minimum absolute atomic E-state index is 0.316. The third kappa shape index (κ3) is 22.8. The summed E-state index contributed by atoms with van der Waals surface area (Å²) in [5.41, 5.74) is 4.92. The van der Waals surface area contributed by atoms with Crippen LogP contribution >= 0.6 is 0 Å². The van der Waals surface area contributed by atoms with Crippen molar-refractivity contribution in [2.75, 3.05) is 6.54 Å². The van der Waals surface area contributed by atoms with Gasteiger partial charge in [0.15, 0.2) is 0 Å². The predicted octanol–water partition coefficient (Wildman–Crippen LogP) is 0.587. The maximum atomic E-state index is 9.76. The average Bonchev–Trinajstić information content (AvgIpc) is 2.02. The van der Waals surface area contributed by atoms with Crippen molar-refractivity contribution < 1.29 is 15.0 Å². The summed E-state index contributed by atoms with van der Waals surface area (Å²) in [7, 11) is 0. The fourth-order valence-electron chi connectivity index (χ4n) is 0.328. The molecule has 0 aliphatic rings. The lowest BCUT2D eigenvalue weighted by Crippen LogP contribution is -2.14. The molecule has 0 fully saturated rings. The third-order valence-corrected chi connectivity index (χ3v) is 1.09. The molecule has 1 atom stereocenters. The van der Waals surface area contributed by atoms with Crippen molar-refractivity contribution in [1.82, 2.24) is 0 Å². The van der Waals surface area contributed by atoms with Crippen LogP contribution < -0.4 is 5.73 Å². The van der Waals surface area contributed by atoms with Gasteiger partial charge in [-0.25, -0.2) is 0 Å². The molecule has 0 bridgehead atoms. The van der Waals surface area contributed by atoms with Crippen LogP contribution in [0.15, 0.2) is 0 Å². The molecule has 0 heterocycles. The molecular weight excluding hydrogens is 158 g/mol. The van der Waals surface area contributed by atoms with E-state index in [1.54, 1.807) is 6.92 Å². The van der Waals surface area contributed by atoms with Gasteiger partial charge in [0, 0.05) is 13.0 Å². The van der Waals surface area contributed by atoms with Crippen molar-refractivity contribution >= 4 is 5.97 Å². The third-order valence-electron chi connectivity index (χ3n) is 1.09. The van der Waals surface area contributed by atoms with Gasteiger partial charge in [0.2, 0.25) is 0 Å². The zero-order valence-electron chi connectivity index (χ0n) is 7.79. The molecule has 0 saturated carbocycles. The largest absolute Gasteiger partial charge is 0.481 e. The normalized spacial score (nSPS) is 11.3. The van der Waals surface area contributed by atoms with Gasteiger partial charge in [0.1, 0.15) is 0 Å². The number of aliphatic hydroxyl groups excluding tert-OH is 1. The van der Waals surface area contributed by atoms with Crippen LogP contribution in [0.1, 0.15) is 33.1 Å². The smallest absolute Gasteiger partial charge is 0.303 e. The Morgan fingerprint density at radius 2 is 2.00 bits per heavy atom. The van der Waals surface area contributed by atoms with Crippen molar-refractivity contribution in [2.24, 2.45) is 5.73 Å². The maximum Gasteiger partial charge on any atom is 0.303 e. The van der Waals surface area contributed by atoms with Crippen LogP contribution in [0.3, 0.4) is 0 Å². The number of aliphatic hydroxyl groups is 1. The van der Waals surface area contributed by atoms with E-state index in [4.69, 9.17) is 15.9 Å². The number of carboxylic acid groups (broad SMARTS) is 1. The first-order valence-electron chi connectivity index (χ1n) is 4.14. The van der Waals surface area contributed by atoms with E-state index in [2.05, 4.69) is 0 Å². The van der Waals surface area contributed by atoms with Crippen LogP contribution in [0.25, 0.3) is 0 Å². The fraction of sp³-hybridized carbons (Fsp3) is 0.875. The molecule has 4 N–H and O–H groups in total. The summed E-state index contributed by atoms with van der Waals surface area (Å²) in [5.74, 6) is -0.693. The highest BCUT2D eigenvalue weighted by atomic mass is 16.4. The highest BCUT2D eigenvalue weighted by Crippen LogP contribution is 1.91. The van der Waals surface area contributed by atoms with Crippen molar-refractivity contribution in [3.8, 4) is 0 Å². The van der Waals surface area contributed by atoms with Gasteiger partial charge in [0.05, 0.1) is 6.10 Å². The quantitative estimate of drug-likeness (QED) is 0.586. The number of hydrogen-bond donors (Lipinski definition) is 3. The molecule has 0 amide bonds. The first-order valence-corrected chi connectivity index (χ1v) is 4.14. The lowest BCUT2D eigenvalue weighted by atomic mass is 10.3. The molecule has 0 spiro atoms. The Morgan fingerprint density at radius 1 is 1.58 bits per heavy atom. The van der Waals surface area contributed by atoms with Gasteiger partial charge in [0.25, 0.3) is 0 Å². The molecule has 0 aliphatic carbocycles. The summed E-state index contributed by atoms with van der Waals surface area (Å²) in [6.07, 6.45) is 1.74. The standard InChI is InChI=1S/C5H10O2.C3H9NO/c1-2-3-4-5(6)7;1-3(5)2-4/h2-4H2,1H3,(H,6,7);3,5H,2,4H2,1H3. The molecule has 1 unspecified atom stereocenters. The first-order chi connectivity index (χ1) is 5.54. The second-order valence-electron chi connectivity index (χ2n) is 2.58. The molecule has 0 aromatic heterocycles. The van der Waals surface area contributed by atoms with Crippen LogP contribution in [0.4, 0.5) is 0 Å². The molecule has 0 saturated heterocycles. The molecular formula is C8H19NO3. The summed E-state index contributed by atoms with van der Waals surface area (Å²) in [5, 5.41) is 16.3. The number of carbonyl (C=O) groups is 1. The average molecular weight is 177 g/mol. The predicted molar refractivity (Wildman–Crippen MR) is 47.9 cm³/mol. The monoisotopic (exact) mass is 177 g/mol. The Labute approximate surface area is 73.4 Å². The zero-order valence-corrected chi connectivity index (χ0v) is 7.79. The van der Waals surface area contributed by atoms with Crippen LogP contribution in [-0.4, -0.2) is 28.8 Å². The van der Waals surface area contributed by atoms with Gasteiger partial charge in [-0.3, -0.25) is 4.79 Å². The maximum absolute atomic E-state index is 9.76. The number of rotatable bonds is 4. The number of hydrogen-bond acceptors (Lipinski definition) is 3. The molecule has 0 aromatic rings. The lowest BCUT2D eigenvalue weighted by Gasteiger charge is -1.91. The van der Waals surface area contributed by atoms with E-state index in [9.17, 15) is 4.79 Å². The Kier molecular flexibility index (Phi) is 12.1. The minimum atomic E-state index is -0.693. The lowest BCUT2D eigenvalue weighted by molar-refractivity contribution is -0.137. The summed E-state index contributed by atoms with van der Waals surface area (Å²) in [6, 6.07) is 0. The SMILES string of the molecule is CC(O)CN.CCCCC(=O)O. The van der Waals surface area contributed by atoms with Crippen molar-refractivity contribution in [3.63, 3.8) is 0 Å². The Hall–Kier alpha value is -0.610. The highest BCUT2D eigenvalue weighted by molar-refractivity contribution is 5.66. The summed E-state index contributed by atoms with van der Waals surface area (Å²) < 4.78 is 0. The Balaban J connectivity index is 0.